The lowest BCUT2D eigenvalue weighted by Crippen LogP contribution is -2.58. The number of amides is 2. The molecule has 4 heterocycles. The number of rotatable bonds is 6. The van der Waals surface area contributed by atoms with Crippen LogP contribution in [0.15, 0.2) is 48.7 Å². The molecule has 6 rings (SSSR count). The van der Waals surface area contributed by atoms with Crippen molar-refractivity contribution < 1.29 is 23.8 Å². The highest BCUT2D eigenvalue weighted by Crippen LogP contribution is 2.35. The molecule has 0 saturated carbocycles. The standard InChI is InChI=1S/C25H25N5O5/c1-33-18-3-4-20-19(9-18)21(6-7-26-20)27-15-10-29(11-15)12-17-13-35-25(32)30(17)16-2-5-23-22(8-16)28-24(31)14-34-23/h2-9,15,17H,10-14H2,1H3,(H,26,27)(H,28,31)/t17-/m0/s1. The first-order valence-corrected chi connectivity index (χ1v) is 11.5. The average molecular weight is 476 g/mol. The molecule has 0 aliphatic carbocycles. The lowest BCUT2D eigenvalue weighted by molar-refractivity contribution is -0.118. The van der Waals surface area contributed by atoms with Crippen molar-refractivity contribution in [1.82, 2.24) is 9.88 Å². The highest BCUT2D eigenvalue weighted by molar-refractivity contribution is 5.98. The van der Waals surface area contributed by atoms with Gasteiger partial charge in [-0.3, -0.25) is 19.6 Å². The molecule has 35 heavy (non-hydrogen) atoms. The molecule has 0 unspecified atom stereocenters. The molecule has 0 spiro atoms. The number of carbonyl (C=O) groups is 2. The second kappa shape index (κ2) is 8.62. The van der Waals surface area contributed by atoms with Crippen LogP contribution in [0.4, 0.5) is 21.9 Å². The first-order valence-electron chi connectivity index (χ1n) is 11.5. The predicted octanol–water partition coefficient (Wildman–Crippen LogP) is 2.70. The van der Waals surface area contributed by atoms with Gasteiger partial charge in [0.05, 0.1) is 30.4 Å². The van der Waals surface area contributed by atoms with Gasteiger partial charge >= 0.3 is 6.09 Å². The Hall–Kier alpha value is -4.05. The molecule has 2 saturated heterocycles. The van der Waals surface area contributed by atoms with E-state index in [9.17, 15) is 9.59 Å². The van der Waals surface area contributed by atoms with Crippen LogP contribution in [-0.2, 0) is 9.53 Å². The van der Waals surface area contributed by atoms with Gasteiger partial charge in [-0.15, -0.1) is 0 Å². The maximum Gasteiger partial charge on any atom is 0.414 e. The summed E-state index contributed by atoms with van der Waals surface area (Å²) < 4.78 is 16.2. The summed E-state index contributed by atoms with van der Waals surface area (Å²) in [6.07, 6.45) is 1.42. The largest absolute Gasteiger partial charge is 0.497 e. The Morgan fingerprint density at radius 3 is 2.89 bits per heavy atom. The molecule has 2 amide bonds. The van der Waals surface area contributed by atoms with Gasteiger partial charge < -0.3 is 24.8 Å². The molecule has 1 aromatic heterocycles. The minimum Gasteiger partial charge on any atom is -0.497 e. The number of methoxy groups -OCH3 is 1. The van der Waals surface area contributed by atoms with Crippen LogP contribution in [0.25, 0.3) is 10.9 Å². The third kappa shape index (κ3) is 4.06. The number of nitrogens with one attached hydrogen (secondary N) is 2. The number of carbonyl (C=O) groups excluding carboxylic acids is 2. The zero-order valence-electron chi connectivity index (χ0n) is 19.2. The monoisotopic (exact) mass is 475 g/mol. The van der Waals surface area contributed by atoms with Crippen LogP contribution in [0.5, 0.6) is 11.5 Å². The van der Waals surface area contributed by atoms with Gasteiger partial charge in [0.25, 0.3) is 5.91 Å². The number of ether oxygens (including phenoxy) is 3. The van der Waals surface area contributed by atoms with Crippen LogP contribution in [0.3, 0.4) is 0 Å². The fraction of sp³-hybridized carbons (Fsp3) is 0.320. The molecule has 10 heteroatoms. The molecule has 3 aliphatic rings. The highest BCUT2D eigenvalue weighted by atomic mass is 16.6. The first-order chi connectivity index (χ1) is 17.1. The highest BCUT2D eigenvalue weighted by Gasteiger charge is 2.38. The molecule has 2 aromatic carbocycles. The number of nitrogens with zero attached hydrogens (tertiary/aromatic N) is 3. The van der Waals surface area contributed by atoms with Gasteiger partial charge in [0, 0.05) is 42.6 Å². The molecule has 2 N–H and O–H groups in total. The second-order valence-corrected chi connectivity index (χ2v) is 8.92. The van der Waals surface area contributed by atoms with Gasteiger partial charge in [0.1, 0.15) is 18.1 Å². The number of hydrogen-bond donors (Lipinski definition) is 2. The SMILES string of the molecule is COc1ccc2nccc(NC3CN(C[C@H]4COC(=O)N4c4ccc5c(c4)NC(=O)CO5)C3)c2c1. The van der Waals surface area contributed by atoms with Crippen LogP contribution < -0.4 is 25.0 Å². The number of cyclic esters (lactones) is 1. The fourth-order valence-electron chi connectivity index (χ4n) is 4.84. The summed E-state index contributed by atoms with van der Waals surface area (Å²) in [5.74, 6) is 1.17. The normalized spacial score (nSPS) is 20.0. The molecular formula is C25H25N5O5. The van der Waals surface area contributed by atoms with Crippen LogP contribution in [0, 0.1) is 0 Å². The molecule has 1 atom stereocenters. The van der Waals surface area contributed by atoms with E-state index < -0.39 is 0 Å². The van der Waals surface area contributed by atoms with Gasteiger partial charge in [-0.1, -0.05) is 0 Å². The van der Waals surface area contributed by atoms with Crippen LogP contribution in [0.2, 0.25) is 0 Å². The smallest absolute Gasteiger partial charge is 0.414 e. The summed E-state index contributed by atoms with van der Waals surface area (Å²) in [4.78, 5) is 32.6. The van der Waals surface area contributed by atoms with E-state index in [1.54, 1.807) is 30.3 Å². The summed E-state index contributed by atoms with van der Waals surface area (Å²) in [5.41, 5.74) is 3.18. The first kappa shape index (κ1) is 21.5. The topological polar surface area (TPSA) is 105 Å². The van der Waals surface area contributed by atoms with E-state index in [0.29, 0.717) is 30.3 Å². The summed E-state index contributed by atoms with van der Waals surface area (Å²) >= 11 is 0. The molecule has 2 fully saturated rings. The Morgan fingerprint density at radius 2 is 2.03 bits per heavy atom. The number of likely N-dealkylation sites (tertiary alicyclic amines) is 1. The van der Waals surface area contributed by atoms with Gasteiger partial charge in [-0.2, -0.15) is 0 Å². The summed E-state index contributed by atoms with van der Waals surface area (Å²) in [6.45, 7) is 2.70. The molecule has 0 radical (unpaired) electrons. The van der Waals surface area contributed by atoms with Crippen molar-refractivity contribution >= 4 is 40.0 Å². The van der Waals surface area contributed by atoms with Gasteiger partial charge in [-0.25, -0.2) is 4.79 Å². The quantitative estimate of drug-likeness (QED) is 0.561. The minimum atomic E-state index is -0.384. The number of benzene rings is 2. The van der Waals surface area contributed by atoms with Gasteiger partial charge in [0.15, 0.2) is 6.61 Å². The summed E-state index contributed by atoms with van der Waals surface area (Å²) in [6, 6.07) is 13.3. The van der Waals surface area contributed by atoms with Crippen molar-refractivity contribution in [2.24, 2.45) is 0 Å². The Bertz CT molecular complexity index is 1310. The van der Waals surface area contributed by atoms with E-state index in [-0.39, 0.29) is 30.7 Å². The van der Waals surface area contributed by atoms with Crippen molar-refractivity contribution in [2.75, 3.05) is 55.5 Å². The Kier molecular flexibility index (Phi) is 5.29. The number of aromatic nitrogens is 1. The van der Waals surface area contributed by atoms with Crippen molar-refractivity contribution in [2.45, 2.75) is 12.1 Å². The molecule has 180 valence electrons. The second-order valence-electron chi connectivity index (χ2n) is 8.92. The Labute approximate surface area is 201 Å². The lowest BCUT2D eigenvalue weighted by Gasteiger charge is -2.42. The fourth-order valence-corrected chi connectivity index (χ4v) is 4.84. The summed E-state index contributed by atoms with van der Waals surface area (Å²) in [7, 11) is 1.66. The van der Waals surface area contributed by atoms with Crippen LogP contribution in [-0.4, -0.2) is 73.9 Å². The van der Waals surface area contributed by atoms with Crippen molar-refractivity contribution in [3.8, 4) is 11.5 Å². The number of hydrogen-bond acceptors (Lipinski definition) is 8. The van der Waals surface area contributed by atoms with E-state index in [0.717, 1.165) is 35.4 Å². The molecule has 3 aromatic rings. The molecule has 3 aliphatic heterocycles. The van der Waals surface area contributed by atoms with E-state index >= 15 is 0 Å². The van der Waals surface area contributed by atoms with Crippen molar-refractivity contribution in [1.29, 1.82) is 0 Å². The molecule has 0 bridgehead atoms. The van der Waals surface area contributed by atoms with E-state index in [2.05, 4.69) is 20.5 Å². The van der Waals surface area contributed by atoms with E-state index in [4.69, 9.17) is 14.2 Å². The zero-order chi connectivity index (χ0) is 23.9. The number of pyridine rings is 1. The molecule has 10 nitrogen and oxygen atoms in total. The molecular weight excluding hydrogens is 450 g/mol. The van der Waals surface area contributed by atoms with Crippen LogP contribution >= 0.6 is 0 Å². The zero-order valence-corrected chi connectivity index (χ0v) is 19.2. The van der Waals surface area contributed by atoms with Crippen LogP contribution in [0.1, 0.15) is 0 Å². The van der Waals surface area contributed by atoms with Gasteiger partial charge in [-0.05, 0) is 42.5 Å². The number of anilines is 3. The van der Waals surface area contributed by atoms with Gasteiger partial charge in [0.2, 0.25) is 0 Å². The summed E-state index contributed by atoms with van der Waals surface area (Å²) in [5, 5.41) is 7.43. The van der Waals surface area contributed by atoms with Crippen molar-refractivity contribution in [3.05, 3.63) is 48.7 Å². The van der Waals surface area contributed by atoms with E-state index in [1.165, 1.54) is 0 Å². The Balaban J connectivity index is 1.11. The number of fused-ring (bicyclic) bond motifs is 2. The maximum absolute atomic E-state index is 12.5. The lowest BCUT2D eigenvalue weighted by atomic mass is 10.1. The third-order valence-electron chi connectivity index (χ3n) is 6.57. The van der Waals surface area contributed by atoms with E-state index in [1.807, 2.05) is 30.3 Å². The minimum absolute atomic E-state index is 0.00623. The average Bonchev–Trinajstić information content (AvgIpc) is 3.21. The predicted molar refractivity (Wildman–Crippen MR) is 130 cm³/mol. The van der Waals surface area contributed by atoms with Crippen molar-refractivity contribution in [3.63, 3.8) is 0 Å². The Morgan fingerprint density at radius 1 is 1.14 bits per heavy atom. The third-order valence-corrected chi connectivity index (χ3v) is 6.57. The maximum atomic E-state index is 12.5.